The lowest BCUT2D eigenvalue weighted by molar-refractivity contribution is -0.0158. The van der Waals surface area contributed by atoms with Crippen molar-refractivity contribution >= 4 is 0 Å². The minimum Gasteiger partial charge on any atom is -0.378 e. The molecule has 0 spiro atoms. The predicted octanol–water partition coefficient (Wildman–Crippen LogP) is 2.12. The number of rotatable bonds is 4. The van der Waals surface area contributed by atoms with Crippen LogP contribution in [0.3, 0.4) is 0 Å². The summed E-state index contributed by atoms with van der Waals surface area (Å²) in [5.74, 6) is 0.996. The summed E-state index contributed by atoms with van der Waals surface area (Å²) in [6.45, 7) is 12.6. The molecule has 1 saturated heterocycles. The van der Waals surface area contributed by atoms with Gasteiger partial charge in [0.05, 0.1) is 24.9 Å². The number of nitrogens with one attached hydrogen (secondary N) is 1. The van der Waals surface area contributed by atoms with Crippen molar-refractivity contribution in [1.82, 2.24) is 24.6 Å². The molecule has 6 nitrogen and oxygen atoms in total. The van der Waals surface area contributed by atoms with E-state index in [0.29, 0.717) is 6.61 Å². The van der Waals surface area contributed by atoms with Gasteiger partial charge < -0.3 is 9.72 Å². The summed E-state index contributed by atoms with van der Waals surface area (Å²) >= 11 is 0. The summed E-state index contributed by atoms with van der Waals surface area (Å²) in [5, 5.41) is 4.63. The molecule has 1 aliphatic heterocycles. The van der Waals surface area contributed by atoms with Gasteiger partial charge in [-0.3, -0.25) is 9.58 Å². The lowest BCUT2D eigenvalue weighted by Crippen LogP contribution is -2.39. The molecule has 2 aromatic heterocycles. The maximum absolute atomic E-state index is 5.68. The van der Waals surface area contributed by atoms with E-state index in [9.17, 15) is 0 Å². The topological polar surface area (TPSA) is 59.0 Å². The first-order chi connectivity index (χ1) is 10.6. The zero-order chi connectivity index (χ0) is 15.7. The van der Waals surface area contributed by atoms with Gasteiger partial charge in [0.2, 0.25) is 0 Å². The van der Waals surface area contributed by atoms with Crippen LogP contribution in [0.4, 0.5) is 0 Å². The van der Waals surface area contributed by atoms with E-state index in [1.807, 2.05) is 13.1 Å². The molecular formula is C16H25N5O. The summed E-state index contributed by atoms with van der Waals surface area (Å²) in [6.07, 6.45) is 1.88. The molecule has 2 aromatic rings. The summed E-state index contributed by atoms with van der Waals surface area (Å²) in [6, 6.07) is 0.186. The summed E-state index contributed by atoms with van der Waals surface area (Å²) in [7, 11) is 0. The maximum Gasteiger partial charge on any atom is 0.126 e. The molecule has 22 heavy (non-hydrogen) atoms. The molecule has 1 N–H and O–H groups in total. The third-order valence-electron chi connectivity index (χ3n) is 4.47. The van der Waals surface area contributed by atoms with Crippen molar-refractivity contribution in [2.24, 2.45) is 0 Å². The molecule has 0 bridgehead atoms. The Labute approximate surface area is 131 Å². The fourth-order valence-corrected chi connectivity index (χ4v) is 3.16. The van der Waals surface area contributed by atoms with E-state index in [4.69, 9.17) is 4.74 Å². The zero-order valence-corrected chi connectivity index (χ0v) is 13.9. The summed E-state index contributed by atoms with van der Waals surface area (Å²) in [4.78, 5) is 10.3. The van der Waals surface area contributed by atoms with E-state index in [2.05, 4.69) is 45.4 Å². The Morgan fingerprint density at radius 3 is 2.82 bits per heavy atom. The first-order valence-corrected chi connectivity index (χ1v) is 7.96. The highest BCUT2D eigenvalue weighted by Gasteiger charge is 2.28. The third kappa shape index (κ3) is 2.80. The molecule has 120 valence electrons. The van der Waals surface area contributed by atoms with Gasteiger partial charge in [-0.2, -0.15) is 5.10 Å². The van der Waals surface area contributed by atoms with Crippen molar-refractivity contribution in [3.05, 3.63) is 34.7 Å². The number of imidazole rings is 1. The first-order valence-electron chi connectivity index (χ1n) is 7.96. The summed E-state index contributed by atoms with van der Waals surface area (Å²) < 4.78 is 7.76. The molecule has 1 fully saturated rings. The van der Waals surface area contributed by atoms with Gasteiger partial charge in [-0.1, -0.05) is 0 Å². The highest BCUT2D eigenvalue weighted by molar-refractivity contribution is 5.24. The summed E-state index contributed by atoms with van der Waals surface area (Å²) in [5.41, 5.74) is 4.81. The number of hydrogen-bond acceptors (Lipinski definition) is 4. The minimum absolute atomic E-state index is 0.186. The number of nitrogens with zero attached hydrogens (tertiary/aromatic N) is 4. The number of morpholine rings is 1. The number of aromatic nitrogens is 4. The van der Waals surface area contributed by atoms with Crippen molar-refractivity contribution in [3.8, 4) is 0 Å². The first kappa shape index (κ1) is 15.2. The number of aryl methyl sites for hydroxylation is 3. The monoisotopic (exact) mass is 303 g/mol. The Morgan fingerprint density at radius 1 is 1.36 bits per heavy atom. The molecule has 3 heterocycles. The molecule has 1 unspecified atom stereocenters. The average Bonchev–Trinajstić information content (AvgIpc) is 3.06. The molecule has 0 radical (unpaired) electrons. The minimum atomic E-state index is 0.186. The van der Waals surface area contributed by atoms with Gasteiger partial charge >= 0.3 is 0 Å². The SMILES string of the molecule is CCn1nc(C)c(CN2CCOCC2c2ncc(C)[nH]2)c1C. The van der Waals surface area contributed by atoms with Crippen LogP contribution in [0.1, 0.15) is 41.4 Å². The van der Waals surface area contributed by atoms with Crippen LogP contribution in [-0.4, -0.2) is 44.4 Å². The predicted molar refractivity (Wildman–Crippen MR) is 84.7 cm³/mol. The van der Waals surface area contributed by atoms with Crippen LogP contribution in [0.5, 0.6) is 0 Å². The molecule has 0 aromatic carbocycles. The van der Waals surface area contributed by atoms with Crippen molar-refractivity contribution in [3.63, 3.8) is 0 Å². The fraction of sp³-hybridized carbons (Fsp3) is 0.625. The Kier molecular flexibility index (Phi) is 4.31. The average molecular weight is 303 g/mol. The Morgan fingerprint density at radius 2 is 2.18 bits per heavy atom. The van der Waals surface area contributed by atoms with Crippen LogP contribution in [-0.2, 0) is 17.8 Å². The van der Waals surface area contributed by atoms with Gasteiger partial charge in [-0.25, -0.2) is 4.98 Å². The van der Waals surface area contributed by atoms with Gasteiger partial charge in [0.1, 0.15) is 5.82 Å². The Bertz CT molecular complexity index is 645. The van der Waals surface area contributed by atoms with Crippen molar-refractivity contribution in [2.45, 2.75) is 46.8 Å². The molecule has 0 aliphatic carbocycles. The number of hydrogen-bond donors (Lipinski definition) is 1. The van der Waals surface area contributed by atoms with Gasteiger partial charge in [-0.15, -0.1) is 0 Å². The molecule has 6 heteroatoms. The van der Waals surface area contributed by atoms with Crippen LogP contribution in [0.25, 0.3) is 0 Å². The van der Waals surface area contributed by atoms with Crippen LogP contribution in [0, 0.1) is 20.8 Å². The molecule has 3 rings (SSSR count). The highest BCUT2D eigenvalue weighted by Crippen LogP contribution is 2.26. The second-order valence-corrected chi connectivity index (χ2v) is 5.98. The highest BCUT2D eigenvalue weighted by atomic mass is 16.5. The Balaban J connectivity index is 1.84. The van der Waals surface area contributed by atoms with Crippen LogP contribution in [0.15, 0.2) is 6.20 Å². The molecule has 1 atom stereocenters. The smallest absolute Gasteiger partial charge is 0.126 e. The van der Waals surface area contributed by atoms with Gasteiger partial charge in [0.15, 0.2) is 0 Å². The van der Waals surface area contributed by atoms with E-state index in [-0.39, 0.29) is 6.04 Å². The number of H-pyrrole nitrogens is 1. The number of ether oxygens (including phenoxy) is 1. The second-order valence-electron chi connectivity index (χ2n) is 5.98. The van der Waals surface area contributed by atoms with Gasteiger partial charge in [-0.05, 0) is 27.7 Å². The molecule has 1 aliphatic rings. The molecular weight excluding hydrogens is 278 g/mol. The van der Waals surface area contributed by atoms with Gasteiger partial charge in [0.25, 0.3) is 0 Å². The van der Waals surface area contributed by atoms with E-state index in [0.717, 1.165) is 43.5 Å². The van der Waals surface area contributed by atoms with Crippen molar-refractivity contribution < 1.29 is 4.74 Å². The van der Waals surface area contributed by atoms with Crippen molar-refractivity contribution in [2.75, 3.05) is 19.8 Å². The second kappa shape index (κ2) is 6.22. The third-order valence-corrected chi connectivity index (χ3v) is 4.47. The largest absolute Gasteiger partial charge is 0.378 e. The van der Waals surface area contributed by atoms with Crippen LogP contribution >= 0.6 is 0 Å². The molecule has 0 saturated carbocycles. The lowest BCUT2D eigenvalue weighted by Gasteiger charge is -2.34. The normalized spacial score (nSPS) is 19.7. The quantitative estimate of drug-likeness (QED) is 0.940. The molecule has 0 amide bonds. The van der Waals surface area contributed by atoms with Crippen LogP contribution in [0.2, 0.25) is 0 Å². The van der Waals surface area contributed by atoms with Crippen molar-refractivity contribution in [1.29, 1.82) is 0 Å². The standard InChI is InChI=1S/C16H25N5O/c1-5-21-13(4)14(12(3)19-21)9-20-6-7-22-10-15(20)16-17-8-11(2)18-16/h8,15H,5-7,9-10H2,1-4H3,(H,17,18). The fourth-order valence-electron chi connectivity index (χ4n) is 3.16. The zero-order valence-electron chi connectivity index (χ0n) is 13.9. The van der Waals surface area contributed by atoms with Crippen LogP contribution < -0.4 is 0 Å². The van der Waals surface area contributed by atoms with Gasteiger partial charge in [0, 0.05) is 42.8 Å². The number of aromatic amines is 1. The van der Waals surface area contributed by atoms with E-state index in [1.54, 1.807) is 0 Å². The van der Waals surface area contributed by atoms with E-state index < -0.39 is 0 Å². The lowest BCUT2D eigenvalue weighted by atomic mass is 10.1. The Hall–Kier alpha value is -1.66. The van der Waals surface area contributed by atoms with E-state index in [1.165, 1.54) is 11.3 Å². The maximum atomic E-state index is 5.68. The van der Waals surface area contributed by atoms with E-state index >= 15 is 0 Å².